The van der Waals surface area contributed by atoms with Crippen molar-refractivity contribution in [1.82, 2.24) is 15.2 Å². The monoisotopic (exact) mass is 374 g/mol. The summed E-state index contributed by atoms with van der Waals surface area (Å²) in [7, 11) is 0. The first kappa shape index (κ1) is 17.2. The first-order valence-electron chi connectivity index (χ1n) is 8.91. The number of amides is 2. The minimum Gasteiger partial charge on any atom is -0.459 e. The Bertz CT molecular complexity index is 770. The first-order valence-corrected chi connectivity index (χ1v) is 9.79. The molecule has 0 atom stereocenters. The van der Waals surface area contributed by atoms with Crippen LogP contribution in [0.15, 0.2) is 28.2 Å². The molecule has 8 heteroatoms. The molecule has 138 valence electrons. The van der Waals surface area contributed by atoms with Crippen molar-refractivity contribution in [3.63, 3.8) is 0 Å². The van der Waals surface area contributed by atoms with Gasteiger partial charge in [0.25, 0.3) is 5.91 Å². The van der Waals surface area contributed by atoms with Gasteiger partial charge in [-0.25, -0.2) is 4.98 Å². The van der Waals surface area contributed by atoms with E-state index < -0.39 is 0 Å². The van der Waals surface area contributed by atoms with Crippen LogP contribution in [0.1, 0.15) is 35.5 Å². The van der Waals surface area contributed by atoms with Crippen LogP contribution in [-0.4, -0.2) is 47.9 Å². The van der Waals surface area contributed by atoms with Crippen molar-refractivity contribution in [2.45, 2.75) is 25.7 Å². The van der Waals surface area contributed by atoms with Gasteiger partial charge in [-0.3, -0.25) is 14.9 Å². The summed E-state index contributed by atoms with van der Waals surface area (Å²) in [6, 6.07) is 3.25. The number of likely N-dealkylation sites (tertiary alicyclic amines) is 1. The van der Waals surface area contributed by atoms with Gasteiger partial charge in [-0.05, 0) is 43.4 Å². The summed E-state index contributed by atoms with van der Waals surface area (Å²) in [5, 5.41) is 8.43. The van der Waals surface area contributed by atoms with Crippen LogP contribution in [0.4, 0.5) is 5.13 Å². The van der Waals surface area contributed by atoms with E-state index in [0.717, 1.165) is 39.0 Å². The van der Waals surface area contributed by atoms with Gasteiger partial charge in [0, 0.05) is 25.0 Å². The number of carbonyl (C=O) groups excluding carboxylic acids is 2. The van der Waals surface area contributed by atoms with Crippen molar-refractivity contribution in [1.29, 1.82) is 0 Å². The number of anilines is 1. The SMILES string of the molecule is O=C(Nc1nc(CC(=O)N2CCC3(CCNC3)CC2)cs1)c1ccco1. The number of rotatable bonds is 4. The highest BCUT2D eigenvalue weighted by Gasteiger charge is 2.38. The largest absolute Gasteiger partial charge is 0.459 e. The van der Waals surface area contributed by atoms with E-state index in [4.69, 9.17) is 4.42 Å². The van der Waals surface area contributed by atoms with Gasteiger partial charge in [0.2, 0.25) is 5.91 Å². The highest BCUT2D eigenvalue weighted by Crippen LogP contribution is 2.37. The Morgan fingerprint density at radius 1 is 1.35 bits per heavy atom. The van der Waals surface area contributed by atoms with Gasteiger partial charge < -0.3 is 14.6 Å². The van der Waals surface area contributed by atoms with E-state index in [0.29, 0.717) is 16.2 Å². The molecule has 0 radical (unpaired) electrons. The molecule has 7 nitrogen and oxygen atoms in total. The average molecular weight is 374 g/mol. The number of carbonyl (C=O) groups is 2. The second-order valence-corrected chi connectivity index (χ2v) is 7.92. The lowest BCUT2D eigenvalue weighted by molar-refractivity contribution is -0.132. The van der Waals surface area contributed by atoms with E-state index in [2.05, 4.69) is 15.6 Å². The molecule has 0 bridgehead atoms. The molecule has 2 fully saturated rings. The number of hydrogen-bond donors (Lipinski definition) is 2. The van der Waals surface area contributed by atoms with Gasteiger partial charge in [0.1, 0.15) is 0 Å². The number of nitrogens with zero attached hydrogens (tertiary/aromatic N) is 2. The fourth-order valence-electron chi connectivity index (χ4n) is 3.73. The van der Waals surface area contributed by atoms with Crippen LogP contribution < -0.4 is 10.6 Å². The summed E-state index contributed by atoms with van der Waals surface area (Å²) in [5.41, 5.74) is 1.10. The van der Waals surface area contributed by atoms with E-state index in [9.17, 15) is 9.59 Å². The number of hydrogen-bond acceptors (Lipinski definition) is 6. The number of nitrogens with one attached hydrogen (secondary N) is 2. The van der Waals surface area contributed by atoms with Crippen LogP contribution in [-0.2, 0) is 11.2 Å². The maximum atomic E-state index is 12.6. The Morgan fingerprint density at radius 3 is 2.88 bits per heavy atom. The smallest absolute Gasteiger partial charge is 0.293 e. The second-order valence-electron chi connectivity index (χ2n) is 7.06. The Kier molecular flexibility index (Phi) is 4.78. The molecule has 0 saturated carbocycles. The molecule has 2 aliphatic heterocycles. The lowest BCUT2D eigenvalue weighted by Crippen LogP contribution is -2.44. The van der Waals surface area contributed by atoms with E-state index in [1.165, 1.54) is 24.0 Å². The quantitative estimate of drug-likeness (QED) is 0.856. The van der Waals surface area contributed by atoms with Crippen molar-refractivity contribution in [2.24, 2.45) is 5.41 Å². The number of thiazole rings is 1. The van der Waals surface area contributed by atoms with Crippen molar-refractivity contribution < 1.29 is 14.0 Å². The van der Waals surface area contributed by atoms with Gasteiger partial charge in [0.05, 0.1) is 18.4 Å². The summed E-state index contributed by atoms with van der Waals surface area (Å²) in [6.07, 6.45) is 5.10. The molecule has 2 amide bonds. The molecule has 4 heterocycles. The number of aromatic nitrogens is 1. The average Bonchev–Trinajstić information content (AvgIpc) is 3.38. The van der Waals surface area contributed by atoms with Crippen LogP contribution in [0.3, 0.4) is 0 Å². The molecule has 2 aliphatic rings. The molecule has 1 spiro atoms. The standard InChI is InChI=1S/C18H22N4O3S/c23-15(22-7-4-18(5-8-22)3-6-19-12-18)10-13-11-26-17(20-13)21-16(24)14-2-1-9-25-14/h1-2,9,11,19H,3-8,10,12H2,(H,20,21,24). The zero-order chi connectivity index (χ0) is 18.0. The molecular formula is C18H22N4O3S. The molecule has 2 N–H and O–H groups in total. The van der Waals surface area contributed by atoms with Crippen molar-refractivity contribution in [2.75, 3.05) is 31.5 Å². The van der Waals surface area contributed by atoms with Crippen LogP contribution in [0.5, 0.6) is 0 Å². The Balaban J connectivity index is 1.30. The molecule has 26 heavy (non-hydrogen) atoms. The zero-order valence-electron chi connectivity index (χ0n) is 14.5. The summed E-state index contributed by atoms with van der Waals surface area (Å²) < 4.78 is 5.06. The molecule has 0 aliphatic carbocycles. The van der Waals surface area contributed by atoms with Gasteiger partial charge in [-0.2, -0.15) is 0 Å². The fourth-order valence-corrected chi connectivity index (χ4v) is 4.44. The predicted octanol–water partition coefficient (Wildman–Crippen LogP) is 2.13. The Hall–Kier alpha value is -2.19. The lowest BCUT2D eigenvalue weighted by Gasteiger charge is -2.38. The molecule has 2 aromatic rings. The molecule has 2 saturated heterocycles. The third-order valence-corrected chi connectivity index (χ3v) is 6.16. The van der Waals surface area contributed by atoms with E-state index >= 15 is 0 Å². The lowest BCUT2D eigenvalue weighted by atomic mass is 9.78. The molecule has 0 unspecified atom stereocenters. The Labute approximate surface area is 155 Å². The normalized spacial score (nSPS) is 19.0. The third kappa shape index (κ3) is 3.66. The first-order chi connectivity index (χ1) is 12.6. The molecule has 4 rings (SSSR count). The van der Waals surface area contributed by atoms with Crippen LogP contribution in [0, 0.1) is 5.41 Å². The van der Waals surface area contributed by atoms with Gasteiger partial charge in [0.15, 0.2) is 10.9 Å². The third-order valence-electron chi connectivity index (χ3n) is 5.36. The van der Waals surface area contributed by atoms with E-state index in [1.54, 1.807) is 12.1 Å². The summed E-state index contributed by atoms with van der Waals surface area (Å²) in [5.74, 6) is 0.00946. The van der Waals surface area contributed by atoms with Crippen LogP contribution in [0.2, 0.25) is 0 Å². The zero-order valence-corrected chi connectivity index (χ0v) is 15.3. The number of piperidine rings is 1. The summed E-state index contributed by atoms with van der Waals surface area (Å²) >= 11 is 1.32. The van der Waals surface area contributed by atoms with Crippen LogP contribution in [0.25, 0.3) is 0 Å². The molecular weight excluding hydrogens is 352 g/mol. The van der Waals surface area contributed by atoms with Crippen LogP contribution >= 0.6 is 11.3 Å². The topological polar surface area (TPSA) is 87.5 Å². The Morgan fingerprint density at radius 2 is 2.19 bits per heavy atom. The van der Waals surface area contributed by atoms with Crippen molar-refractivity contribution in [3.05, 3.63) is 35.2 Å². The van der Waals surface area contributed by atoms with Gasteiger partial charge in [-0.1, -0.05) is 0 Å². The predicted molar refractivity (Wildman–Crippen MR) is 98.2 cm³/mol. The maximum absolute atomic E-state index is 12.6. The van der Waals surface area contributed by atoms with E-state index in [1.807, 2.05) is 10.3 Å². The minimum absolute atomic E-state index is 0.111. The minimum atomic E-state index is -0.339. The van der Waals surface area contributed by atoms with Crippen molar-refractivity contribution >= 4 is 28.3 Å². The highest BCUT2D eigenvalue weighted by molar-refractivity contribution is 7.14. The highest BCUT2D eigenvalue weighted by atomic mass is 32.1. The summed E-state index contributed by atoms with van der Waals surface area (Å²) in [6.45, 7) is 3.83. The fraction of sp³-hybridized carbons (Fsp3) is 0.500. The molecule has 0 aromatic carbocycles. The summed E-state index contributed by atoms with van der Waals surface area (Å²) in [4.78, 5) is 30.8. The maximum Gasteiger partial charge on any atom is 0.293 e. The second kappa shape index (κ2) is 7.20. The number of furan rings is 1. The van der Waals surface area contributed by atoms with Gasteiger partial charge in [-0.15, -0.1) is 11.3 Å². The van der Waals surface area contributed by atoms with E-state index in [-0.39, 0.29) is 24.0 Å². The van der Waals surface area contributed by atoms with Gasteiger partial charge >= 0.3 is 0 Å². The van der Waals surface area contributed by atoms with Crippen molar-refractivity contribution in [3.8, 4) is 0 Å². The molecule has 2 aromatic heterocycles.